The van der Waals surface area contributed by atoms with Crippen molar-refractivity contribution in [3.63, 3.8) is 0 Å². The molecule has 2 aromatic rings. The van der Waals surface area contributed by atoms with Gasteiger partial charge in [-0.2, -0.15) is 0 Å². The van der Waals surface area contributed by atoms with E-state index in [1.54, 1.807) is 32.2 Å². The average Bonchev–Trinajstić information content (AvgIpc) is 2.90. The smallest absolute Gasteiger partial charge is 0.268 e. The summed E-state index contributed by atoms with van der Waals surface area (Å²) in [5.41, 5.74) is 0.528. The number of rotatable bonds is 5. The van der Waals surface area contributed by atoms with E-state index >= 15 is 0 Å². The van der Waals surface area contributed by atoms with E-state index in [0.717, 1.165) is 0 Å². The molecule has 0 radical (unpaired) electrons. The zero-order valence-corrected chi connectivity index (χ0v) is 13.8. The van der Waals surface area contributed by atoms with E-state index in [9.17, 15) is 17.6 Å². The van der Waals surface area contributed by atoms with Gasteiger partial charge in [0.15, 0.2) is 0 Å². The molecule has 124 valence electrons. The second-order valence-electron chi connectivity index (χ2n) is 5.10. The molecule has 0 bridgehead atoms. The molecule has 0 spiro atoms. The molecule has 0 saturated carbocycles. The number of aryl methyl sites for hydroxylation is 1. The average molecular weight is 339 g/mol. The Bertz CT molecular complexity index is 830. The van der Waals surface area contributed by atoms with Crippen molar-refractivity contribution in [2.75, 3.05) is 7.05 Å². The van der Waals surface area contributed by atoms with Gasteiger partial charge in [-0.25, -0.2) is 17.5 Å². The van der Waals surface area contributed by atoms with Gasteiger partial charge in [-0.1, -0.05) is 18.2 Å². The minimum Gasteiger partial charge on any atom is -0.345 e. The highest BCUT2D eigenvalue weighted by atomic mass is 32.2. The predicted octanol–water partition coefficient (Wildman–Crippen LogP) is 1.56. The zero-order chi connectivity index (χ0) is 17.2. The fourth-order valence-corrected chi connectivity index (χ4v) is 3.00. The second kappa shape index (κ2) is 6.51. The number of hydrogen-bond acceptors (Lipinski definition) is 3. The molecule has 1 aromatic carbocycles. The molecule has 0 saturated heterocycles. The molecule has 0 fully saturated rings. The number of halogens is 1. The molecular weight excluding hydrogens is 321 g/mol. The first kappa shape index (κ1) is 17.2. The maximum Gasteiger partial charge on any atom is 0.268 e. The van der Waals surface area contributed by atoms with Gasteiger partial charge in [0.2, 0.25) is 10.0 Å². The Hall–Kier alpha value is -2.19. The zero-order valence-electron chi connectivity index (χ0n) is 13.0. The van der Waals surface area contributed by atoms with Gasteiger partial charge in [-0.05, 0) is 26.1 Å². The molecular formula is C15H18FN3O3S. The van der Waals surface area contributed by atoms with Crippen molar-refractivity contribution in [1.82, 2.24) is 14.6 Å². The van der Waals surface area contributed by atoms with Gasteiger partial charge < -0.3 is 9.88 Å². The van der Waals surface area contributed by atoms with E-state index in [4.69, 9.17) is 0 Å². The number of amides is 1. The summed E-state index contributed by atoms with van der Waals surface area (Å²) in [6, 6.07) is 6.87. The topological polar surface area (TPSA) is 80.2 Å². The van der Waals surface area contributed by atoms with Crippen molar-refractivity contribution >= 4 is 15.9 Å². The minimum absolute atomic E-state index is 0.00815. The number of nitrogens with zero attached hydrogens (tertiary/aromatic N) is 1. The largest absolute Gasteiger partial charge is 0.345 e. The van der Waals surface area contributed by atoms with Crippen LogP contribution in [-0.2, 0) is 17.1 Å². The summed E-state index contributed by atoms with van der Waals surface area (Å²) >= 11 is 0. The summed E-state index contributed by atoms with van der Waals surface area (Å²) in [7, 11) is -0.771. The maximum atomic E-state index is 13.7. The standard InChI is InChI=1S/C15H18FN3O3S/c1-10(12-6-4-5-7-13(12)16)18-15(20)14-8-11(9-19(14)3)23(21,22)17-2/h4-10,17H,1-3H3,(H,18,20)/t10-/m0/s1. The molecule has 2 rings (SSSR count). The predicted molar refractivity (Wildman–Crippen MR) is 83.9 cm³/mol. The van der Waals surface area contributed by atoms with Gasteiger partial charge in [-0.3, -0.25) is 4.79 Å². The van der Waals surface area contributed by atoms with Crippen LogP contribution in [0.25, 0.3) is 0 Å². The highest BCUT2D eigenvalue weighted by Crippen LogP contribution is 2.18. The number of aromatic nitrogens is 1. The lowest BCUT2D eigenvalue weighted by molar-refractivity contribution is 0.0931. The van der Waals surface area contributed by atoms with Gasteiger partial charge >= 0.3 is 0 Å². The first-order chi connectivity index (χ1) is 10.8. The van der Waals surface area contributed by atoms with Gasteiger partial charge in [0, 0.05) is 18.8 Å². The fourth-order valence-electron chi connectivity index (χ4n) is 2.20. The molecule has 1 heterocycles. The van der Waals surface area contributed by atoms with E-state index < -0.39 is 27.8 Å². The van der Waals surface area contributed by atoms with Crippen molar-refractivity contribution in [1.29, 1.82) is 0 Å². The Kier molecular flexibility index (Phi) is 4.86. The summed E-state index contributed by atoms with van der Waals surface area (Å²) in [6.45, 7) is 1.66. The van der Waals surface area contributed by atoms with Gasteiger partial charge in [0.25, 0.3) is 5.91 Å². The number of hydrogen-bond donors (Lipinski definition) is 2. The molecule has 6 nitrogen and oxygen atoms in total. The van der Waals surface area contributed by atoms with Crippen LogP contribution in [0, 0.1) is 5.82 Å². The third-order valence-electron chi connectivity index (χ3n) is 3.51. The molecule has 0 aliphatic rings. The Morgan fingerprint density at radius 1 is 1.30 bits per heavy atom. The van der Waals surface area contributed by atoms with E-state index in [0.29, 0.717) is 5.56 Å². The Morgan fingerprint density at radius 2 is 1.96 bits per heavy atom. The number of benzene rings is 1. The number of nitrogens with one attached hydrogen (secondary N) is 2. The molecule has 1 aromatic heterocycles. The highest BCUT2D eigenvalue weighted by Gasteiger charge is 2.21. The van der Waals surface area contributed by atoms with Crippen LogP contribution in [0.5, 0.6) is 0 Å². The maximum absolute atomic E-state index is 13.7. The van der Waals surface area contributed by atoms with Crippen molar-refractivity contribution in [2.45, 2.75) is 17.9 Å². The van der Waals surface area contributed by atoms with Crippen LogP contribution >= 0.6 is 0 Å². The Labute approximate surface area is 134 Å². The summed E-state index contributed by atoms with van der Waals surface area (Å²) in [5.74, 6) is -0.897. The normalized spacial score (nSPS) is 12.9. The monoisotopic (exact) mass is 339 g/mol. The van der Waals surface area contributed by atoms with Gasteiger partial charge in [-0.15, -0.1) is 0 Å². The third-order valence-corrected chi connectivity index (χ3v) is 4.89. The molecule has 1 atom stereocenters. The van der Waals surface area contributed by atoms with E-state index in [2.05, 4.69) is 10.0 Å². The molecule has 1 amide bonds. The van der Waals surface area contributed by atoms with Crippen LogP contribution < -0.4 is 10.0 Å². The molecule has 23 heavy (non-hydrogen) atoms. The van der Waals surface area contributed by atoms with Crippen molar-refractivity contribution in [3.8, 4) is 0 Å². The number of sulfonamides is 1. The lowest BCUT2D eigenvalue weighted by Gasteiger charge is -2.15. The summed E-state index contributed by atoms with van der Waals surface area (Å²) in [5, 5.41) is 2.66. The van der Waals surface area contributed by atoms with Crippen LogP contribution in [0.4, 0.5) is 4.39 Å². The van der Waals surface area contributed by atoms with Crippen LogP contribution in [-0.4, -0.2) is 25.9 Å². The molecule has 0 aliphatic carbocycles. The van der Waals surface area contributed by atoms with Crippen LogP contribution in [0.3, 0.4) is 0 Å². The van der Waals surface area contributed by atoms with Gasteiger partial charge in [0.05, 0.1) is 6.04 Å². The minimum atomic E-state index is -3.63. The highest BCUT2D eigenvalue weighted by molar-refractivity contribution is 7.89. The second-order valence-corrected chi connectivity index (χ2v) is 6.98. The van der Waals surface area contributed by atoms with Crippen LogP contribution in [0.1, 0.15) is 29.0 Å². The first-order valence-corrected chi connectivity index (χ1v) is 8.39. The van der Waals surface area contributed by atoms with Crippen molar-refractivity contribution < 1.29 is 17.6 Å². The summed E-state index contributed by atoms with van der Waals surface area (Å²) in [6.07, 6.45) is 1.34. The van der Waals surface area contributed by atoms with Crippen molar-refractivity contribution in [3.05, 3.63) is 53.6 Å². The molecule has 0 unspecified atom stereocenters. The van der Waals surface area contributed by atoms with E-state index in [-0.39, 0.29) is 10.6 Å². The summed E-state index contributed by atoms with van der Waals surface area (Å²) < 4.78 is 40.9. The number of carbonyl (C=O) groups is 1. The molecule has 2 N–H and O–H groups in total. The van der Waals surface area contributed by atoms with Gasteiger partial charge in [0.1, 0.15) is 16.4 Å². The van der Waals surface area contributed by atoms with E-state index in [1.165, 1.54) is 29.9 Å². The molecule has 8 heteroatoms. The Balaban J connectivity index is 2.23. The molecule has 0 aliphatic heterocycles. The lowest BCUT2D eigenvalue weighted by Crippen LogP contribution is -2.28. The number of carbonyl (C=O) groups excluding carboxylic acids is 1. The SMILES string of the molecule is CNS(=O)(=O)c1cc(C(=O)N[C@@H](C)c2ccccc2F)n(C)c1. The lowest BCUT2D eigenvalue weighted by atomic mass is 10.1. The van der Waals surface area contributed by atoms with Crippen LogP contribution in [0.2, 0.25) is 0 Å². The van der Waals surface area contributed by atoms with E-state index in [1.807, 2.05) is 0 Å². The van der Waals surface area contributed by atoms with Crippen LogP contribution in [0.15, 0.2) is 41.4 Å². The Morgan fingerprint density at radius 3 is 2.57 bits per heavy atom. The first-order valence-electron chi connectivity index (χ1n) is 6.91. The summed E-state index contributed by atoms with van der Waals surface area (Å²) in [4.78, 5) is 12.3. The quantitative estimate of drug-likeness (QED) is 0.868. The fraction of sp³-hybridized carbons (Fsp3) is 0.267. The third kappa shape index (κ3) is 3.59. The van der Waals surface area contributed by atoms with Crippen molar-refractivity contribution in [2.24, 2.45) is 7.05 Å².